The lowest BCUT2D eigenvalue weighted by molar-refractivity contribution is -0.120. The van der Waals surface area contributed by atoms with E-state index in [1.807, 2.05) is 26.0 Å². The van der Waals surface area contributed by atoms with E-state index in [4.69, 9.17) is 21.1 Å². The van der Waals surface area contributed by atoms with Crippen LogP contribution in [0.1, 0.15) is 66.0 Å². The lowest BCUT2D eigenvalue weighted by atomic mass is 9.85. The van der Waals surface area contributed by atoms with Crippen LogP contribution in [0.4, 0.5) is 11.4 Å². The van der Waals surface area contributed by atoms with Gasteiger partial charge in [-0.05, 0) is 73.4 Å². The summed E-state index contributed by atoms with van der Waals surface area (Å²) in [5.41, 5.74) is 2.98. The molecule has 0 aromatic heterocycles. The van der Waals surface area contributed by atoms with Gasteiger partial charge in [0.2, 0.25) is 0 Å². The zero-order valence-corrected chi connectivity index (χ0v) is 24.3. The van der Waals surface area contributed by atoms with E-state index in [-0.39, 0.29) is 21.8 Å². The molecule has 0 unspecified atom stereocenters. The SMILES string of the molecule is CCCOC(=O)c1ccc(N2C(=O)C(Cl)=C(Nc3ccc(C(=O)Oc4ccc(C)cc4C(C)(C)C)cc3)C2=O)cc1. The first-order valence-electron chi connectivity index (χ1n) is 13.2. The number of imide groups is 1. The number of esters is 2. The normalized spacial score (nSPS) is 13.5. The second-order valence-electron chi connectivity index (χ2n) is 10.7. The number of nitrogens with one attached hydrogen (secondary N) is 1. The highest BCUT2D eigenvalue weighted by molar-refractivity contribution is 6.53. The maximum Gasteiger partial charge on any atom is 0.343 e. The van der Waals surface area contributed by atoms with E-state index in [9.17, 15) is 19.2 Å². The molecule has 1 aliphatic rings. The molecule has 0 radical (unpaired) electrons. The molecule has 0 saturated carbocycles. The van der Waals surface area contributed by atoms with Crippen LogP contribution in [0.25, 0.3) is 0 Å². The Morgan fingerprint density at radius 2 is 1.49 bits per heavy atom. The summed E-state index contributed by atoms with van der Waals surface area (Å²) >= 11 is 6.25. The topological polar surface area (TPSA) is 102 Å². The second-order valence-corrected chi connectivity index (χ2v) is 11.0. The van der Waals surface area contributed by atoms with Crippen molar-refractivity contribution in [2.24, 2.45) is 0 Å². The van der Waals surface area contributed by atoms with Crippen LogP contribution in [0.15, 0.2) is 77.5 Å². The first-order valence-corrected chi connectivity index (χ1v) is 13.5. The number of amides is 2. The van der Waals surface area contributed by atoms with E-state index < -0.39 is 23.8 Å². The van der Waals surface area contributed by atoms with E-state index in [0.717, 1.165) is 16.0 Å². The fraction of sp³-hybridized carbons (Fsp3) is 0.250. The Bertz CT molecular complexity index is 1540. The Balaban J connectivity index is 1.46. The van der Waals surface area contributed by atoms with Gasteiger partial charge in [0.25, 0.3) is 11.8 Å². The zero-order chi connectivity index (χ0) is 29.9. The summed E-state index contributed by atoms with van der Waals surface area (Å²) in [7, 11) is 0. The third-order valence-electron chi connectivity index (χ3n) is 6.36. The zero-order valence-electron chi connectivity index (χ0n) is 23.5. The van der Waals surface area contributed by atoms with Crippen LogP contribution >= 0.6 is 11.6 Å². The first kappa shape index (κ1) is 29.6. The van der Waals surface area contributed by atoms with Crippen molar-refractivity contribution in [3.8, 4) is 5.75 Å². The van der Waals surface area contributed by atoms with Gasteiger partial charge < -0.3 is 14.8 Å². The van der Waals surface area contributed by atoms with Crippen molar-refractivity contribution in [3.63, 3.8) is 0 Å². The predicted molar refractivity (Wildman–Crippen MR) is 157 cm³/mol. The Labute approximate surface area is 243 Å². The summed E-state index contributed by atoms with van der Waals surface area (Å²) < 4.78 is 10.8. The Kier molecular flexibility index (Phi) is 8.63. The van der Waals surface area contributed by atoms with Crippen LogP contribution < -0.4 is 15.0 Å². The average molecular weight is 575 g/mol. The van der Waals surface area contributed by atoms with Crippen molar-refractivity contribution < 1.29 is 28.7 Å². The number of carbonyl (C=O) groups is 4. The number of carbonyl (C=O) groups excluding carboxylic acids is 4. The smallest absolute Gasteiger partial charge is 0.343 e. The number of anilines is 2. The lowest BCUT2D eigenvalue weighted by Crippen LogP contribution is -2.32. The van der Waals surface area contributed by atoms with Crippen LogP contribution in [0.2, 0.25) is 0 Å². The molecule has 41 heavy (non-hydrogen) atoms. The van der Waals surface area contributed by atoms with Crippen molar-refractivity contribution in [3.05, 3.63) is 99.7 Å². The molecule has 0 bridgehead atoms. The van der Waals surface area contributed by atoms with Crippen molar-refractivity contribution in [2.75, 3.05) is 16.8 Å². The highest BCUT2D eigenvalue weighted by atomic mass is 35.5. The molecule has 0 aliphatic carbocycles. The highest BCUT2D eigenvalue weighted by Crippen LogP contribution is 2.33. The van der Waals surface area contributed by atoms with Crippen molar-refractivity contribution in [2.45, 2.75) is 46.5 Å². The molecular formula is C32H31ClN2O6. The molecule has 1 heterocycles. The number of rotatable bonds is 8. The molecule has 0 atom stereocenters. The van der Waals surface area contributed by atoms with E-state index in [1.54, 1.807) is 30.3 Å². The minimum atomic E-state index is -0.701. The van der Waals surface area contributed by atoms with Crippen LogP contribution in [0.3, 0.4) is 0 Å². The summed E-state index contributed by atoms with van der Waals surface area (Å²) in [5, 5.41) is 2.61. The molecule has 1 aliphatic heterocycles. The molecule has 3 aromatic rings. The fourth-order valence-corrected chi connectivity index (χ4v) is 4.39. The summed E-state index contributed by atoms with van der Waals surface area (Å²) in [6.45, 7) is 10.3. The molecule has 0 spiro atoms. The molecule has 3 aromatic carbocycles. The van der Waals surface area contributed by atoms with Gasteiger partial charge in [0, 0.05) is 11.3 Å². The largest absolute Gasteiger partial charge is 0.462 e. The Hall–Kier alpha value is -4.43. The van der Waals surface area contributed by atoms with Gasteiger partial charge in [-0.25, -0.2) is 14.5 Å². The number of ether oxygens (including phenoxy) is 2. The van der Waals surface area contributed by atoms with E-state index in [2.05, 4.69) is 26.1 Å². The highest BCUT2D eigenvalue weighted by Gasteiger charge is 2.39. The van der Waals surface area contributed by atoms with Crippen LogP contribution in [0.5, 0.6) is 5.75 Å². The predicted octanol–water partition coefficient (Wildman–Crippen LogP) is 6.51. The summed E-state index contributed by atoms with van der Waals surface area (Å²) in [5.74, 6) is -1.87. The fourth-order valence-electron chi connectivity index (χ4n) is 4.18. The second kappa shape index (κ2) is 12.0. The number of hydrogen-bond donors (Lipinski definition) is 1. The molecule has 4 rings (SSSR count). The molecular weight excluding hydrogens is 544 g/mol. The molecule has 0 saturated heterocycles. The number of benzene rings is 3. The Morgan fingerprint density at radius 1 is 0.878 bits per heavy atom. The van der Waals surface area contributed by atoms with Crippen LogP contribution in [-0.4, -0.2) is 30.4 Å². The number of hydrogen-bond acceptors (Lipinski definition) is 7. The van der Waals surface area contributed by atoms with Gasteiger partial charge in [-0.2, -0.15) is 0 Å². The first-order chi connectivity index (χ1) is 19.4. The van der Waals surface area contributed by atoms with Crippen molar-refractivity contribution in [1.82, 2.24) is 0 Å². The van der Waals surface area contributed by atoms with Crippen LogP contribution in [0, 0.1) is 6.92 Å². The minimum absolute atomic E-state index is 0.104. The average Bonchev–Trinajstić information content (AvgIpc) is 3.15. The summed E-state index contributed by atoms with van der Waals surface area (Å²) in [6, 6.07) is 17.9. The van der Waals surface area contributed by atoms with Gasteiger partial charge >= 0.3 is 11.9 Å². The van der Waals surface area contributed by atoms with Gasteiger partial charge in [-0.1, -0.05) is 57.0 Å². The minimum Gasteiger partial charge on any atom is -0.462 e. The monoisotopic (exact) mass is 574 g/mol. The molecule has 9 heteroatoms. The van der Waals surface area contributed by atoms with Crippen molar-refractivity contribution in [1.29, 1.82) is 0 Å². The van der Waals surface area contributed by atoms with Gasteiger partial charge in [-0.3, -0.25) is 9.59 Å². The van der Waals surface area contributed by atoms with E-state index in [1.165, 1.54) is 24.3 Å². The quantitative estimate of drug-likeness (QED) is 0.186. The van der Waals surface area contributed by atoms with Crippen LogP contribution in [-0.2, 0) is 19.7 Å². The lowest BCUT2D eigenvalue weighted by Gasteiger charge is -2.22. The Morgan fingerprint density at radius 3 is 2.10 bits per heavy atom. The third-order valence-corrected chi connectivity index (χ3v) is 6.71. The molecule has 1 N–H and O–H groups in total. The number of nitrogens with zero attached hydrogens (tertiary/aromatic N) is 1. The number of halogens is 1. The third kappa shape index (κ3) is 6.49. The molecule has 0 fully saturated rings. The number of aryl methyl sites for hydroxylation is 1. The van der Waals surface area contributed by atoms with Gasteiger partial charge in [0.1, 0.15) is 16.5 Å². The van der Waals surface area contributed by atoms with E-state index >= 15 is 0 Å². The van der Waals surface area contributed by atoms with Gasteiger partial charge in [-0.15, -0.1) is 0 Å². The summed E-state index contributed by atoms with van der Waals surface area (Å²) in [6.07, 6.45) is 0.694. The molecule has 212 valence electrons. The molecule has 8 nitrogen and oxygen atoms in total. The maximum atomic E-state index is 13.1. The standard InChI is InChI=1S/C32H31ClN2O6/c1-6-17-40-30(38)20-10-14-23(15-11-20)35-28(36)26(33)27(29(35)37)34-22-12-8-21(9-13-22)31(39)41-25-16-7-19(2)18-24(25)32(3,4)5/h7-16,18,34H,6,17H2,1-5H3. The van der Waals surface area contributed by atoms with Crippen molar-refractivity contribution >= 4 is 46.7 Å². The van der Waals surface area contributed by atoms with E-state index in [0.29, 0.717) is 35.6 Å². The summed E-state index contributed by atoms with van der Waals surface area (Å²) in [4.78, 5) is 51.8. The maximum absolute atomic E-state index is 13.1. The van der Waals surface area contributed by atoms with Gasteiger partial charge in [0.15, 0.2) is 0 Å². The van der Waals surface area contributed by atoms with Gasteiger partial charge in [0.05, 0.1) is 23.4 Å². The molecule has 2 amide bonds.